The molecule has 17 heavy (non-hydrogen) atoms. The van der Waals surface area contributed by atoms with Crippen molar-refractivity contribution in [1.82, 2.24) is 4.98 Å². The lowest BCUT2D eigenvalue weighted by Gasteiger charge is -2.08. The van der Waals surface area contributed by atoms with Gasteiger partial charge in [0.25, 0.3) is 0 Å². The van der Waals surface area contributed by atoms with Gasteiger partial charge in [0.15, 0.2) is 0 Å². The van der Waals surface area contributed by atoms with Crippen LogP contribution < -0.4 is 4.74 Å². The Morgan fingerprint density at radius 2 is 1.88 bits per heavy atom. The van der Waals surface area contributed by atoms with Crippen LogP contribution >= 0.6 is 11.6 Å². The molecule has 0 amide bonds. The molecule has 1 heterocycles. The molecule has 4 heteroatoms. The number of hydrogen-bond donors (Lipinski definition) is 1. The van der Waals surface area contributed by atoms with Gasteiger partial charge in [-0.1, -0.05) is 17.7 Å². The van der Waals surface area contributed by atoms with E-state index in [1.54, 1.807) is 30.6 Å². The van der Waals surface area contributed by atoms with Gasteiger partial charge in [0, 0.05) is 12.4 Å². The molecule has 0 fully saturated rings. The highest BCUT2D eigenvalue weighted by Crippen LogP contribution is 2.26. The minimum absolute atomic E-state index is 0.0235. The third-order valence-electron chi connectivity index (χ3n) is 2.32. The summed E-state index contributed by atoms with van der Waals surface area (Å²) in [4.78, 5) is 3.93. The zero-order chi connectivity index (χ0) is 12.1. The largest absolute Gasteiger partial charge is 0.487 e. The second kappa shape index (κ2) is 5.66. The molecule has 2 rings (SSSR count). The number of aliphatic hydroxyl groups excluding tert-OH is 1. The van der Waals surface area contributed by atoms with Gasteiger partial charge in [-0.15, -0.1) is 0 Å². The topological polar surface area (TPSA) is 42.4 Å². The van der Waals surface area contributed by atoms with Crippen molar-refractivity contribution < 1.29 is 9.84 Å². The third kappa shape index (κ3) is 3.19. The van der Waals surface area contributed by atoms with Gasteiger partial charge in [-0.05, 0) is 35.4 Å². The van der Waals surface area contributed by atoms with E-state index in [-0.39, 0.29) is 6.61 Å². The van der Waals surface area contributed by atoms with Crippen molar-refractivity contribution in [2.45, 2.75) is 13.2 Å². The first-order valence-corrected chi connectivity index (χ1v) is 5.58. The fraction of sp³-hybridized carbons (Fsp3) is 0.154. The van der Waals surface area contributed by atoms with E-state index < -0.39 is 0 Å². The number of ether oxygens (including phenoxy) is 1. The van der Waals surface area contributed by atoms with Crippen LogP contribution in [0.1, 0.15) is 11.1 Å². The standard InChI is InChI=1S/C13H12ClNO2/c14-12-7-11(8-16)1-2-13(12)17-9-10-3-5-15-6-4-10/h1-7,16H,8-9H2. The van der Waals surface area contributed by atoms with E-state index in [1.807, 2.05) is 12.1 Å². The minimum Gasteiger partial charge on any atom is -0.487 e. The van der Waals surface area contributed by atoms with Gasteiger partial charge in [-0.3, -0.25) is 4.98 Å². The molecule has 0 spiro atoms. The molecule has 0 aliphatic heterocycles. The van der Waals surface area contributed by atoms with Crippen LogP contribution in [-0.2, 0) is 13.2 Å². The molecule has 1 N–H and O–H groups in total. The monoisotopic (exact) mass is 249 g/mol. The average Bonchev–Trinajstić information content (AvgIpc) is 2.38. The summed E-state index contributed by atoms with van der Waals surface area (Å²) in [6.45, 7) is 0.422. The van der Waals surface area contributed by atoms with Gasteiger partial charge in [0.2, 0.25) is 0 Å². The third-order valence-corrected chi connectivity index (χ3v) is 2.62. The van der Waals surface area contributed by atoms with Crippen molar-refractivity contribution >= 4 is 11.6 Å². The average molecular weight is 250 g/mol. The highest BCUT2D eigenvalue weighted by Gasteiger charge is 2.03. The van der Waals surface area contributed by atoms with Crippen molar-refractivity contribution in [3.63, 3.8) is 0 Å². The highest BCUT2D eigenvalue weighted by atomic mass is 35.5. The van der Waals surface area contributed by atoms with Crippen molar-refractivity contribution in [2.24, 2.45) is 0 Å². The van der Waals surface area contributed by atoms with E-state index in [0.717, 1.165) is 11.1 Å². The summed E-state index contributed by atoms with van der Waals surface area (Å²) in [5, 5.41) is 9.46. The highest BCUT2D eigenvalue weighted by molar-refractivity contribution is 6.32. The first-order chi connectivity index (χ1) is 8.29. The second-order valence-corrected chi connectivity index (χ2v) is 3.97. The quantitative estimate of drug-likeness (QED) is 0.906. The van der Waals surface area contributed by atoms with Crippen molar-refractivity contribution in [3.8, 4) is 5.75 Å². The van der Waals surface area contributed by atoms with E-state index in [0.29, 0.717) is 17.4 Å². The summed E-state index contributed by atoms with van der Waals surface area (Å²) < 4.78 is 5.58. The Hall–Kier alpha value is -1.58. The molecule has 1 aromatic heterocycles. The van der Waals surface area contributed by atoms with E-state index in [4.69, 9.17) is 21.4 Å². The summed E-state index contributed by atoms with van der Waals surface area (Å²) in [6, 6.07) is 9.01. The number of halogens is 1. The van der Waals surface area contributed by atoms with E-state index in [2.05, 4.69) is 4.98 Å². The van der Waals surface area contributed by atoms with Crippen LogP contribution in [0.25, 0.3) is 0 Å². The van der Waals surface area contributed by atoms with Crippen molar-refractivity contribution in [3.05, 3.63) is 58.9 Å². The SMILES string of the molecule is OCc1ccc(OCc2ccncc2)c(Cl)c1. The molecule has 0 aliphatic rings. The molecular weight excluding hydrogens is 238 g/mol. The summed E-state index contributed by atoms with van der Waals surface area (Å²) in [5.41, 5.74) is 1.80. The van der Waals surface area contributed by atoms with Gasteiger partial charge in [0.1, 0.15) is 12.4 Å². The summed E-state index contributed by atoms with van der Waals surface area (Å²) >= 11 is 6.03. The molecule has 0 aliphatic carbocycles. The predicted octanol–water partition coefficient (Wildman–Crippen LogP) is 2.81. The lowest BCUT2D eigenvalue weighted by atomic mass is 10.2. The molecule has 1 aromatic carbocycles. The smallest absolute Gasteiger partial charge is 0.138 e. The zero-order valence-electron chi connectivity index (χ0n) is 9.14. The summed E-state index contributed by atoms with van der Waals surface area (Å²) in [6.07, 6.45) is 3.43. The predicted molar refractivity (Wildman–Crippen MR) is 65.9 cm³/mol. The maximum atomic E-state index is 8.95. The van der Waals surface area contributed by atoms with Crippen molar-refractivity contribution in [1.29, 1.82) is 0 Å². The van der Waals surface area contributed by atoms with Crippen LogP contribution in [-0.4, -0.2) is 10.1 Å². The number of aliphatic hydroxyl groups is 1. The fourth-order valence-corrected chi connectivity index (χ4v) is 1.66. The number of benzene rings is 1. The fourth-order valence-electron chi connectivity index (χ4n) is 1.40. The normalized spacial score (nSPS) is 10.2. The Kier molecular flexibility index (Phi) is 3.96. The molecule has 0 saturated carbocycles. The van der Waals surface area contributed by atoms with Gasteiger partial charge < -0.3 is 9.84 Å². The van der Waals surface area contributed by atoms with Gasteiger partial charge in [0.05, 0.1) is 11.6 Å². The van der Waals surface area contributed by atoms with Crippen LogP contribution in [0.4, 0.5) is 0 Å². The molecule has 88 valence electrons. The molecule has 0 bridgehead atoms. The van der Waals surface area contributed by atoms with Crippen LogP contribution in [0, 0.1) is 0 Å². The molecule has 0 atom stereocenters. The van der Waals surface area contributed by atoms with Crippen LogP contribution in [0.15, 0.2) is 42.7 Å². The zero-order valence-corrected chi connectivity index (χ0v) is 9.89. The Bertz CT molecular complexity index is 488. The first kappa shape index (κ1) is 11.9. The Labute approximate surface area is 105 Å². The van der Waals surface area contributed by atoms with E-state index in [9.17, 15) is 0 Å². The first-order valence-electron chi connectivity index (χ1n) is 5.20. The number of pyridine rings is 1. The van der Waals surface area contributed by atoms with Crippen LogP contribution in [0.5, 0.6) is 5.75 Å². The number of hydrogen-bond acceptors (Lipinski definition) is 3. The molecule has 0 unspecified atom stereocenters. The van der Waals surface area contributed by atoms with Crippen LogP contribution in [0.2, 0.25) is 5.02 Å². The Morgan fingerprint density at radius 3 is 2.53 bits per heavy atom. The summed E-state index contributed by atoms with van der Waals surface area (Å²) in [5.74, 6) is 0.612. The van der Waals surface area contributed by atoms with Gasteiger partial charge in [-0.25, -0.2) is 0 Å². The Balaban J connectivity index is 2.04. The molecule has 0 saturated heterocycles. The molecule has 2 aromatic rings. The molecule has 0 radical (unpaired) electrons. The number of aromatic nitrogens is 1. The van der Waals surface area contributed by atoms with E-state index in [1.165, 1.54) is 0 Å². The Morgan fingerprint density at radius 1 is 1.12 bits per heavy atom. The maximum absolute atomic E-state index is 8.95. The lowest BCUT2D eigenvalue weighted by Crippen LogP contribution is -1.96. The maximum Gasteiger partial charge on any atom is 0.138 e. The number of rotatable bonds is 4. The van der Waals surface area contributed by atoms with Gasteiger partial charge >= 0.3 is 0 Å². The molecule has 3 nitrogen and oxygen atoms in total. The molecular formula is C13H12ClNO2. The van der Waals surface area contributed by atoms with Crippen LogP contribution in [0.3, 0.4) is 0 Å². The summed E-state index contributed by atoms with van der Waals surface area (Å²) in [7, 11) is 0. The lowest BCUT2D eigenvalue weighted by molar-refractivity contribution is 0.281. The number of nitrogens with zero attached hydrogens (tertiary/aromatic N) is 1. The van der Waals surface area contributed by atoms with E-state index >= 15 is 0 Å². The second-order valence-electron chi connectivity index (χ2n) is 3.57. The van der Waals surface area contributed by atoms with Gasteiger partial charge in [-0.2, -0.15) is 0 Å². The van der Waals surface area contributed by atoms with Crippen molar-refractivity contribution in [2.75, 3.05) is 0 Å². The minimum atomic E-state index is -0.0235.